The zero-order valence-electron chi connectivity index (χ0n) is 12.9. The van der Waals surface area contributed by atoms with Gasteiger partial charge in [-0.05, 0) is 25.5 Å². The van der Waals surface area contributed by atoms with Crippen molar-refractivity contribution in [1.29, 1.82) is 0 Å². The van der Waals surface area contributed by atoms with E-state index in [9.17, 15) is 0 Å². The first-order valence-corrected chi connectivity index (χ1v) is 6.99. The van der Waals surface area contributed by atoms with Crippen molar-refractivity contribution in [1.82, 2.24) is 9.97 Å². The summed E-state index contributed by atoms with van der Waals surface area (Å²) in [5, 5.41) is 3.32. The van der Waals surface area contributed by atoms with E-state index in [0.717, 1.165) is 47.1 Å². The summed E-state index contributed by atoms with van der Waals surface area (Å²) in [6.07, 6.45) is 2.62. The molecule has 1 heterocycles. The van der Waals surface area contributed by atoms with E-state index in [1.165, 1.54) is 0 Å². The highest BCUT2D eigenvalue weighted by Crippen LogP contribution is 2.34. The van der Waals surface area contributed by atoms with Gasteiger partial charge in [-0.1, -0.05) is 6.92 Å². The van der Waals surface area contributed by atoms with Gasteiger partial charge in [-0.2, -0.15) is 0 Å². The van der Waals surface area contributed by atoms with E-state index in [1.807, 2.05) is 25.1 Å². The first-order chi connectivity index (χ1) is 10.2. The molecule has 0 saturated carbocycles. The predicted molar refractivity (Wildman–Crippen MR) is 84.1 cm³/mol. The lowest BCUT2D eigenvalue weighted by Gasteiger charge is -2.14. The van der Waals surface area contributed by atoms with Gasteiger partial charge in [0.05, 0.1) is 19.9 Å². The number of rotatable bonds is 6. The fourth-order valence-corrected chi connectivity index (χ4v) is 2.14. The molecule has 0 atom stereocenters. The first-order valence-electron chi connectivity index (χ1n) is 6.99. The number of nitrogens with one attached hydrogen (secondary N) is 1. The highest BCUT2D eigenvalue weighted by atomic mass is 16.5. The number of nitrogens with zero attached hydrogens (tertiary/aromatic N) is 2. The largest absolute Gasteiger partial charge is 0.497 e. The Hall–Kier alpha value is -2.30. The molecule has 0 fully saturated rings. The quantitative estimate of drug-likeness (QED) is 0.883. The van der Waals surface area contributed by atoms with Crippen LogP contribution in [0.4, 0.5) is 5.82 Å². The van der Waals surface area contributed by atoms with Crippen LogP contribution in [-0.4, -0.2) is 30.7 Å². The van der Waals surface area contributed by atoms with E-state index in [0.29, 0.717) is 0 Å². The van der Waals surface area contributed by atoms with Gasteiger partial charge in [0, 0.05) is 23.7 Å². The summed E-state index contributed by atoms with van der Waals surface area (Å²) in [7, 11) is 3.28. The van der Waals surface area contributed by atoms with Gasteiger partial charge in [-0.15, -0.1) is 0 Å². The average Bonchev–Trinajstić information content (AvgIpc) is 2.53. The van der Waals surface area contributed by atoms with Crippen LogP contribution >= 0.6 is 0 Å². The molecule has 21 heavy (non-hydrogen) atoms. The van der Waals surface area contributed by atoms with Gasteiger partial charge < -0.3 is 14.8 Å². The normalized spacial score (nSPS) is 10.3. The molecule has 0 spiro atoms. The van der Waals surface area contributed by atoms with Gasteiger partial charge in [0.15, 0.2) is 0 Å². The van der Waals surface area contributed by atoms with Crippen molar-refractivity contribution in [3.63, 3.8) is 0 Å². The summed E-state index contributed by atoms with van der Waals surface area (Å²) in [4.78, 5) is 8.71. The van der Waals surface area contributed by atoms with Gasteiger partial charge in [0.25, 0.3) is 0 Å². The lowest BCUT2D eigenvalue weighted by Crippen LogP contribution is -2.06. The van der Waals surface area contributed by atoms with Crippen LogP contribution in [0.15, 0.2) is 24.5 Å². The van der Waals surface area contributed by atoms with Gasteiger partial charge in [-0.25, -0.2) is 9.97 Å². The van der Waals surface area contributed by atoms with Gasteiger partial charge in [0.1, 0.15) is 23.6 Å². The number of anilines is 1. The molecular weight excluding hydrogens is 266 g/mol. The maximum atomic E-state index is 5.46. The maximum Gasteiger partial charge on any atom is 0.132 e. The second kappa shape index (κ2) is 6.92. The summed E-state index contributed by atoms with van der Waals surface area (Å²) >= 11 is 0. The molecule has 2 aromatic rings. The Morgan fingerprint density at radius 1 is 1.14 bits per heavy atom. The Labute approximate surface area is 125 Å². The van der Waals surface area contributed by atoms with Crippen molar-refractivity contribution in [2.24, 2.45) is 0 Å². The smallest absolute Gasteiger partial charge is 0.132 e. The Kier molecular flexibility index (Phi) is 4.98. The number of benzene rings is 1. The Morgan fingerprint density at radius 3 is 2.62 bits per heavy atom. The van der Waals surface area contributed by atoms with Crippen molar-refractivity contribution in [2.45, 2.75) is 20.3 Å². The van der Waals surface area contributed by atoms with Crippen LogP contribution in [0.5, 0.6) is 11.5 Å². The molecule has 0 saturated heterocycles. The summed E-state index contributed by atoms with van der Waals surface area (Å²) in [5.74, 6) is 2.35. The van der Waals surface area contributed by atoms with E-state index in [-0.39, 0.29) is 0 Å². The fourth-order valence-electron chi connectivity index (χ4n) is 2.14. The number of hydrogen-bond acceptors (Lipinski definition) is 5. The van der Waals surface area contributed by atoms with Crippen LogP contribution in [0.25, 0.3) is 11.3 Å². The summed E-state index contributed by atoms with van der Waals surface area (Å²) in [5.41, 5.74) is 2.80. The molecule has 0 radical (unpaired) electrons. The summed E-state index contributed by atoms with van der Waals surface area (Å²) < 4.78 is 10.7. The van der Waals surface area contributed by atoms with Gasteiger partial charge in [-0.3, -0.25) is 0 Å². The SMILES string of the molecule is CCCNc1ncnc(-c2ccc(OC)cc2OC)c1C. The zero-order chi connectivity index (χ0) is 15.2. The second-order valence-corrected chi connectivity index (χ2v) is 4.69. The minimum Gasteiger partial charge on any atom is -0.497 e. The van der Waals surface area contributed by atoms with E-state index >= 15 is 0 Å². The molecule has 112 valence electrons. The number of ether oxygens (including phenoxy) is 2. The summed E-state index contributed by atoms with van der Waals surface area (Å²) in [6, 6.07) is 5.71. The molecule has 0 bridgehead atoms. The molecule has 2 rings (SSSR count). The van der Waals surface area contributed by atoms with E-state index in [1.54, 1.807) is 20.5 Å². The Bertz CT molecular complexity index is 614. The maximum absolute atomic E-state index is 5.46. The third kappa shape index (κ3) is 3.24. The highest BCUT2D eigenvalue weighted by Gasteiger charge is 2.14. The zero-order valence-corrected chi connectivity index (χ0v) is 12.9. The molecular formula is C16H21N3O2. The number of aromatic nitrogens is 2. The third-order valence-corrected chi connectivity index (χ3v) is 3.29. The van der Waals surface area contributed by atoms with Crippen molar-refractivity contribution >= 4 is 5.82 Å². The second-order valence-electron chi connectivity index (χ2n) is 4.69. The number of methoxy groups -OCH3 is 2. The van der Waals surface area contributed by atoms with Crippen molar-refractivity contribution in [3.05, 3.63) is 30.1 Å². The van der Waals surface area contributed by atoms with Crippen LogP contribution in [0.2, 0.25) is 0 Å². The molecule has 1 N–H and O–H groups in total. The molecule has 0 aliphatic heterocycles. The minimum atomic E-state index is 0.734. The monoisotopic (exact) mass is 287 g/mol. The van der Waals surface area contributed by atoms with Crippen LogP contribution in [0.3, 0.4) is 0 Å². The molecule has 5 nitrogen and oxygen atoms in total. The van der Waals surface area contributed by atoms with Crippen LogP contribution < -0.4 is 14.8 Å². The summed E-state index contributed by atoms with van der Waals surface area (Å²) in [6.45, 7) is 5.02. The molecule has 1 aromatic heterocycles. The molecule has 0 aliphatic rings. The molecule has 0 amide bonds. The van der Waals surface area contributed by atoms with Crippen molar-refractivity contribution in [3.8, 4) is 22.8 Å². The molecule has 0 aliphatic carbocycles. The van der Waals surface area contributed by atoms with E-state index < -0.39 is 0 Å². The fraction of sp³-hybridized carbons (Fsp3) is 0.375. The van der Waals surface area contributed by atoms with Crippen LogP contribution in [-0.2, 0) is 0 Å². The van der Waals surface area contributed by atoms with E-state index in [4.69, 9.17) is 9.47 Å². The highest BCUT2D eigenvalue weighted by molar-refractivity contribution is 5.74. The van der Waals surface area contributed by atoms with E-state index in [2.05, 4.69) is 22.2 Å². The standard InChI is InChI=1S/C16H21N3O2/c1-5-8-17-16-11(2)15(18-10-19-16)13-7-6-12(20-3)9-14(13)21-4/h6-7,9-10H,5,8H2,1-4H3,(H,17,18,19). The van der Waals surface area contributed by atoms with Gasteiger partial charge >= 0.3 is 0 Å². The molecule has 5 heteroatoms. The van der Waals surface area contributed by atoms with Crippen LogP contribution in [0.1, 0.15) is 18.9 Å². The molecule has 1 aromatic carbocycles. The topological polar surface area (TPSA) is 56.3 Å². The number of hydrogen-bond donors (Lipinski definition) is 1. The minimum absolute atomic E-state index is 0.734. The first kappa shape index (κ1) is 15.1. The average molecular weight is 287 g/mol. The Balaban J connectivity index is 2.46. The van der Waals surface area contributed by atoms with Crippen molar-refractivity contribution in [2.75, 3.05) is 26.1 Å². The third-order valence-electron chi connectivity index (χ3n) is 3.29. The lowest BCUT2D eigenvalue weighted by molar-refractivity contribution is 0.395. The van der Waals surface area contributed by atoms with Gasteiger partial charge in [0.2, 0.25) is 0 Å². The van der Waals surface area contributed by atoms with Crippen molar-refractivity contribution < 1.29 is 9.47 Å². The van der Waals surface area contributed by atoms with Crippen LogP contribution in [0, 0.1) is 6.92 Å². The lowest BCUT2D eigenvalue weighted by atomic mass is 10.1. The molecule has 0 unspecified atom stereocenters. The Morgan fingerprint density at radius 2 is 1.95 bits per heavy atom. The predicted octanol–water partition coefficient (Wildman–Crippen LogP) is 3.29.